The molecule has 3 unspecified atom stereocenters. The van der Waals surface area contributed by atoms with Crippen LogP contribution in [-0.4, -0.2) is 39.6 Å². The molecule has 0 amide bonds. The number of Topliss-reactive ketones (excluding diaryl/α,β-unsaturated/α-hetero) is 1. The summed E-state index contributed by atoms with van der Waals surface area (Å²) in [5.74, 6) is 3.71. The standard InChI is InChI=1S/C17H30O2.C6H4F6O/c1-16(2,19)11-5-4-7-13-9-10-14-15(18)8-6-12-17(13,14)3;1-2-3-4(13,5(7,8)9)6(10,11)12/h13-14,19H,4-12H2,1-3H3;13H,1H3. The summed E-state index contributed by atoms with van der Waals surface area (Å²) in [6, 6.07) is 0. The van der Waals surface area contributed by atoms with E-state index in [-0.39, 0.29) is 0 Å². The molecule has 0 bridgehead atoms. The van der Waals surface area contributed by atoms with Crippen LogP contribution >= 0.6 is 0 Å². The Morgan fingerprint density at radius 1 is 1.03 bits per heavy atom. The summed E-state index contributed by atoms with van der Waals surface area (Å²) in [6.45, 7) is 6.91. The van der Waals surface area contributed by atoms with Crippen molar-refractivity contribution in [2.75, 3.05) is 0 Å². The van der Waals surface area contributed by atoms with Crippen LogP contribution in [0.4, 0.5) is 26.3 Å². The van der Waals surface area contributed by atoms with Crippen molar-refractivity contribution in [3.63, 3.8) is 0 Å². The lowest BCUT2D eigenvalue weighted by atomic mass is 9.64. The molecule has 0 heterocycles. The lowest BCUT2D eigenvalue weighted by Crippen LogP contribution is -2.55. The number of hydrogen-bond acceptors (Lipinski definition) is 3. The summed E-state index contributed by atoms with van der Waals surface area (Å²) >= 11 is 0. The van der Waals surface area contributed by atoms with E-state index in [1.807, 2.05) is 13.8 Å². The molecule has 32 heavy (non-hydrogen) atoms. The van der Waals surface area contributed by atoms with Gasteiger partial charge in [-0.25, -0.2) is 0 Å². The van der Waals surface area contributed by atoms with E-state index in [9.17, 15) is 36.2 Å². The number of hydrogen-bond donors (Lipinski definition) is 2. The molecule has 3 atom stereocenters. The summed E-state index contributed by atoms with van der Waals surface area (Å²) in [6.07, 6.45) is -1.71. The van der Waals surface area contributed by atoms with Crippen molar-refractivity contribution in [2.24, 2.45) is 17.3 Å². The fourth-order valence-electron chi connectivity index (χ4n) is 4.94. The summed E-state index contributed by atoms with van der Waals surface area (Å²) in [4.78, 5) is 12.1. The molecule has 3 nitrogen and oxygen atoms in total. The average molecular weight is 473 g/mol. The first-order valence-corrected chi connectivity index (χ1v) is 10.9. The molecule has 0 radical (unpaired) electrons. The molecular formula is C23H34F6O3. The van der Waals surface area contributed by atoms with Crippen molar-refractivity contribution in [1.29, 1.82) is 0 Å². The molecule has 0 spiro atoms. The lowest BCUT2D eigenvalue weighted by molar-refractivity contribution is -0.343. The molecule has 2 saturated carbocycles. The molecular weight excluding hydrogens is 438 g/mol. The van der Waals surface area contributed by atoms with Gasteiger partial charge in [0.2, 0.25) is 0 Å². The van der Waals surface area contributed by atoms with Crippen LogP contribution in [0, 0.1) is 29.1 Å². The van der Waals surface area contributed by atoms with Crippen molar-refractivity contribution in [3.05, 3.63) is 0 Å². The number of halogens is 6. The number of fused-ring (bicyclic) bond motifs is 1. The Hall–Kier alpha value is -1.27. The van der Waals surface area contributed by atoms with Gasteiger partial charge in [-0.05, 0) is 76.5 Å². The fourth-order valence-corrected chi connectivity index (χ4v) is 4.94. The quantitative estimate of drug-likeness (QED) is 0.295. The van der Waals surface area contributed by atoms with Gasteiger partial charge in [0.1, 0.15) is 5.78 Å². The highest BCUT2D eigenvalue weighted by Gasteiger charge is 2.70. The SMILES string of the molecule is CC#CC(O)(C(F)(F)F)C(F)(F)F.CC(C)(O)CCCCC1CCC2C(=O)CCCC12C. The maximum atomic E-state index is 12.1. The van der Waals surface area contributed by atoms with Crippen LogP contribution in [0.15, 0.2) is 0 Å². The van der Waals surface area contributed by atoms with Crippen molar-refractivity contribution in [1.82, 2.24) is 0 Å². The normalized spacial score (nSPS) is 26.6. The van der Waals surface area contributed by atoms with Gasteiger partial charge in [0.25, 0.3) is 0 Å². The monoisotopic (exact) mass is 472 g/mol. The summed E-state index contributed by atoms with van der Waals surface area (Å²) < 4.78 is 70.3. The molecule has 2 N–H and O–H groups in total. The second-order valence-corrected chi connectivity index (χ2v) is 9.79. The third-order valence-corrected chi connectivity index (χ3v) is 6.78. The first kappa shape index (κ1) is 28.8. The van der Waals surface area contributed by atoms with Gasteiger partial charge in [0, 0.05) is 12.3 Å². The largest absolute Gasteiger partial charge is 0.438 e. The first-order valence-electron chi connectivity index (χ1n) is 10.9. The molecule has 2 fully saturated rings. The van der Waals surface area contributed by atoms with E-state index in [1.54, 1.807) is 0 Å². The topological polar surface area (TPSA) is 57.5 Å². The van der Waals surface area contributed by atoms with Gasteiger partial charge >= 0.3 is 18.0 Å². The number of carbonyl (C=O) groups is 1. The number of carbonyl (C=O) groups excluding carboxylic acids is 1. The second-order valence-electron chi connectivity index (χ2n) is 9.79. The molecule has 2 rings (SSSR count). The van der Waals surface area contributed by atoms with Gasteiger partial charge in [0.15, 0.2) is 0 Å². The maximum Gasteiger partial charge on any atom is 0.438 e. The van der Waals surface area contributed by atoms with Gasteiger partial charge in [-0.3, -0.25) is 4.79 Å². The second kappa shape index (κ2) is 10.3. The van der Waals surface area contributed by atoms with Crippen molar-refractivity contribution >= 4 is 5.78 Å². The van der Waals surface area contributed by atoms with E-state index >= 15 is 0 Å². The highest BCUT2D eigenvalue weighted by Crippen LogP contribution is 2.55. The first-order chi connectivity index (χ1) is 14.4. The number of aliphatic hydroxyl groups is 2. The predicted molar refractivity (Wildman–Crippen MR) is 108 cm³/mol. The van der Waals surface area contributed by atoms with Crippen molar-refractivity contribution in [3.8, 4) is 11.8 Å². The lowest BCUT2D eigenvalue weighted by Gasteiger charge is -2.40. The van der Waals surface area contributed by atoms with Crippen LogP contribution in [0.2, 0.25) is 0 Å². The van der Waals surface area contributed by atoms with Crippen LogP contribution in [-0.2, 0) is 4.79 Å². The number of ketones is 1. The molecule has 9 heteroatoms. The molecule has 0 aromatic rings. The summed E-state index contributed by atoms with van der Waals surface area (Å²) in [5.41, 5.74) is -5.16. The highest BCUT2D eigenvalue weighted by atomic mass is 19.4. The van der Waals surface area contributed by atoms with Crippen molar-refractivity contribution < 1.29 is 41.4 Å². The molecule has 2 aliphatic rings. The van der Waals surface area contributed by atoms with Crippen LogP contribution in [0.25, 0.3) is 0 Å². The van der Waals surface area contributed by atoms with Crippen molar-refractivity contribution in [2.45, 2.75) is 109 Å². The zero-order valence-electron chi connectivity index (χ0n) is 19.1. The van der Waals surface area contributed by atoms with Gasteiger partial charge in [-0.15, -0.1) is 5.92 Å². The van der Waals surface area contributed by atoms with E-state index in [4.69, 9.17) is 5.11 Å². The fraction of sp³-hybridized carbons (Fsp3) is 0.870. The van der Waals surface area contributed by atoms with Gasteiger partial charge in [-0.2, -0.15) is 26.3 Å². The van der Waals surface area contributed by atoms with E-state index < -0.39 is 23.6 Å². The minimum Gasteiger partial charge on any atom is -0.390 e. The van der Waals surface area contributed by atoms with E-state index in [0.29, 0.717) is 23.0 Å². The predicted octanol–water partition coefficient (Wildman–Crippen LogP) is 5.97. The van der Waals surface area contributed by atoms with Crippen LogP contribution in [0.3, 0.4) is 0 Å². The van der Waals surface area contributed by atoms with Crippen LogP contribution in [0.1, 0.15) is 85.5 Å². The molecule has 0 saturated heterocycles. The minimum absolute atomic E-state index is 0.296. The Bertz CT molecular complexity index is 682. The van der Waals surface area contributed by atoms with Gasteiger partial charge < -0.3 is 10.2 Å². The Morgan fingerprint density at radius 2 is 1.59 bits per heavy atom. The van der Waals surface area contributed by atoms with E-state index in [1.165, 1.54) is 31.6 Å². The zero-order chi connectivity index (χ0) is 25.0. The molecule has 0 aromatic carbocycles. The Kier molecular flexibility index (Phi) is 9.29. The zero-order valence-corrected chi connectivity index (χ0v) is 19.1. The van der Waals surface area contributed by atoms with Gasteiger partial charge in [0.05, 0.1) is 5.60 Å². The van der Waals surface area contributed by atoms with E-state index in [0.717, 1.165) is 44.9 Å². The third kappa shape index (κ3) is 6.86. The van der Waals surface area contributed by atoms with E-state index in [2.05, 4.69) is 6.92 Å². The summed E-state index contributed by atoms with van der Waals surface area (Å²) in [5, 5.41) is 18.0. The number of alkyl halides is 6. The Morgan fingerprint density at radius 3 is 2.03 bits per heavy atom. The molecule has 186 valence electrons. The molecule has 0 aliphatic heterocycles. The number of rotatable bonds is 5. The highest BCUT2D eigenvalue weighted by molar-refractivity contribution is 5.83. The van der Waals surface area contributed by atoms with Gasteiger partial charge in [-0.1, -0.05) is 19.8 Å². The Balaban J connectivity index is 0.000000347. The average Bonchev–Trinajstić information content (AvgIpc) is 2.94. The van der Waals surface area contributed by atoms with Crippen LogP contribution in [0.5, 0.6) is 0 Å². The smallest absolute Gasteiger partial charge is 0.390 e. The minimum atomic E-state index is -5.85. The Labute approximate surface area is 186 Å². The molecule has 0 aromatic heterocycles. The maximum absolute atomic E-state index is 12.1. The van der Waals surface area contributed by atoms with Crippen LogP contribution < -0.4 is 0 Å². The summed E-state index contributed by atoms with van der Waals surface area (Å²) in [7, 11) is 0. The number of unbranched alkanes of at least 4 members (excludes halogenated alkanes) is 1. The molecule has 2 aliphatic carbocycles. The third-order valence-electron chi connectivity index (χ3n) is 6.78.